The summed E-state index contributed by atoms with van der Waals surface area (Å²) in [5.74, 6) is -0.0810. The molecule has 23 heavy (non-hydrogen) atoms. The van der Waals surface area contributed by atoms with Crippen LogP contribution in [0.2, 0.25) is 0 Å². The van der Waals surface area contributed by atoms with Gasteiger partial charge in [-0.25, -0.2) is 0 Å². The van der Waals surface area contributed by atoms with Crippen molar-refractivity contribution in [1.29, 1.82) is 0 Å². The fraction of sp³-hybridized carbons (Fsp3) is 0.389. The zero-order valence-electron chi connectivity index (χ0n) is 13.8. The van der Waals surface area contributed by atoms with Crippen LogP contribution >= 0.6 is 11.8 Å². The van der Waals surface area contributed by atoms with Gasteiger partial charge in [0.15, 0.2) is 0 Å². The molecule has 0 spiro atoms. The third-order valence-electron chi connectivity index (χ3n) is 3.48. The van der Waals surface area contributed by atoms with Gasteiger partial charge in [0.1, 0.15) is 6.10 Å². The Morgan fingerprint density at radius 3 is 2.52 bits per heavy atom. The van der Waals surface area contributed by atoms with E-state index in [1.54, 1.807) is 11.8 Å². The smallest absolute Gasteiger partial charge is 0.224 e. The number of amides is 1. The molecule has 2 N–H and O–H groups in total. The van der Waals surface area contributed by atoms with Crippen LogP contribution < -0.4 is 5.32 Å². The van der Waals surface area contributed by atoms with Gasteiger partial charge in [-0.1, -0.05) is 26.0 Å². The summed E-state index contributed by atoms with van der Waals surface area (Å²) in [7, 11) is 1.87. The summed E-state index contributed by atoms with van der Waals surface area (Å²) >= 11 is 1.80. The van der Waals surface area contributed by atoms with E-state index in [1.807, 2.05) is 54.2 Å². The van der Waals surface area contributed by atoms with E-state index in [0.29, 0.717) is 11.7 Å². The predicted molar refractivity (Wildman–Crippen MR) is 94.5 cm³/mol. The molecule has 0 saturated carbocycles. The topological polar surface area (TPSA) is 54.3 Å². The number of hydrogen-bond donors (Lipinski definition) is 2. The van der Waals surface area contributed by atoms with Crippen molar-refractivity contribution >= 4 is 17.7 Å². The molecule has 0 radical (unpaired) electrons. The average Bonchev–Trinajstić information content (AvgIpc) is 2.92. The summed E-state index contributed by atoms with van der Waals surface area (Å²) in [5.41, 5.74) is 1.77. The van der Waals surface area contributed by atoms with Gasteiger partial charge in [-0.2, -0.15) is 0 Å². The van der Waals surface area contributed by atoms with E-state index in [0.717, 1.165) is 11.3 Å². The Morgan fingerprint density at radius 2 is 1.96 bits per heavy atom. The summed E-state index contributed by atoms with van der Waals surface area (Å²) in [6, 6.07) is 11.8. The highest BCUT2D eigenvalue weighted by Crippen LogP contribution is 2.23. The molecule has 5 heteroatoms. The van der Waals surface area contributed by atoms with Crippen LogP contribution in [-0.4, -0.2) is 27.4 Å². The van der Waals surface area contributed by atoms with Crippen molar-refractivity contribution in [2.75, 3.05) is 6.54 Å². The van der Waals surface area contributed by atoms with Gasteiger partial charge in [-0.3, -0.25) is 4.79 Å². The number of nitrogens with one attached hydrogen (secondary N) is 1. The molecule has 0 aliphatic carbocycles. The van der Waals surface area contributed by atoms with Crippen molar-refractivity contribution < 1.29 is 9.90 Å². The van der Waals surface area contributed by atoms with Crippen LogP contribution in [0.4, 0.5) is 0 Å². The first-order chi connectivity index (χ1) is 11.0. The van der Waals surface area contributed by atoms with Gasteiger partial charge < -0.3 is 15.0 Å². The number of benzene rings is 1. The van der Waals surface area contributed by atoms with Crippen LogP contribution in [0, 0.1) is 0 Å². The Balaban J connectivity index is 1.81. The quantitative estimate of drug-likeness (QED) is 0.767. The van der Waals surface area contributed by atoms with E-state index in [1.165, 1.54) is 4.90 Å². The number of carbonyl (C=O) groups is 1. The minimum Gasteiger partial charge on any atom is -0.385 e. The molecule has 1 aromatic heterocycles. The molecule has 1 unspecified atom stereocenters. The van der Waals surface area contributed by atoms with E-state index in [2.05, 4.69) is 19.2 Å². The van der Waals surface area contributed by atoms with Crippen molar-refractivity contribution in [3.8, 4) is 0 Å². The fourth-order valence-electron chi connectivity index (χ4n) is 2.34. The summed E-state index contributed by atoms with van der Waals surface area (Å²) in [4.78, 5) is 13.2. The molecule has 2 aromatic rings. The third-order valence-corrected chi connectivity index (χ3v) is 4.49. The molecular weight excluding hydrogens is 308 g/mol. The number of carbonyl (C=O) groups excluding carboxylic acids is 1. The number of aliphatic hydroxyl groups excluding tert-OH is 1. The van der Waals surface area contributed by atoms with Crippen LogP contribution in [0.25, 0.3) is 0 Å². The normalized spacial score (nSPS) is 12.4. The number of aliphatic hydroxyl groups is 1. The molecule has 1 aromatic carbocycles. The van der Waals surface area contributed by atoms with Crippen LogP contribution in [0.3, 0.4) is 0 Å². The van der Waals surface area contributed by atoms with E-state index < -0.39 is 6.10 Å². The lowest BCUT2D eigenvalue weighted by molar-refractivity contribution is -0.120. The first-order valence-corrected chi connectivity index (χ1v) is 8.65. The number of hydrogen-bond acceptors (Lipinski definition) is 3. The van der Waals surface area contributed by atoms with Crippen molar-refractivity contribution in [3.63, 3.8) is 0 Å². The van der Waals surface area contributed by atoms with Gasteiger partial charge in [0.25, 0.3) is 0 Å². The van der Waals surface area contributed by atoms with E-state index in [4.69, 9.17) is 0 Å². The monoisotopic (exact) mass is 332 g/mol. The Morgan fingerprint density at radius 1 is 1.26 bits per heavy atom. The maximum atomic E-state index is 12.0. The zero-order chi connectivity index (χ0) is 16.8. The second kappa shape index (κ2) is 8.22. The van der Waals surface area contributed by atoms with Crippen molar-refractivity contribution in [3.05, 3.63) is 53.9 Å². The highest BCUT2D eigenvalue weighted by molar-refractivity contribution is 7.99. The van der Waals surface area contributed by atoms with Gasteiger partial charge in [-0.15, -0.1) is 11.8 Å². The Bertz CT molecular complexity index is 635. The van der Waals surface area contributed by atoms with Crippen LogP contribution in [0.15, 0.2) is 47.5 Å². The van der Waals surface area contributed by atoms with Gasteiger partial charge >= 0.3 is 0 Å². The minimum atomic E-state index is -0.691. The van der Waals surface area contributed by atoms with Crippen molar-refractivity contribution in [2.45, 2.75) is 36.5 Å². The molecule has 0 bridgehead atoms. The molecule has 1 atom stereocenters. The number of thioether (sulfide) groups is 1. The summed E-state index contributed by atoms with van der Waals surface area (Å²) in [6.45, 7) is 4.53. The van der Waals surface area contributed by atoms with Crippen molar-refractivity contribution in [2.24, 2.45) is 7.05 Å². The zero-order valence-corrected chi connectivity index (χ0v) is 14.6. The lowest BCUT2D eigenvalue weighted by atomic mass is 10.1. The number of nitrogens with zero attached hydrogens (tertiary/aromatic N) is 1. The standard InChI is InChI=1S/C18H24N2O2S/c1-13(2)23-15-8-6-14(7-9-15)11-18(22)19-12-17(21)16-5-4-10-20(16)3/h4-10,13,17,21H,11-12H2,1-3H3,(H,19,22). The molecule has 0 aliphatic rings. The lowest BCUT2D eigenvalue weighted by Crippen LogP contribution is -2.30. The third kappa shape index (κ3) is 5.44. The Labute approximate surface area is 141 Å². The van der Waals surface area contributed by atoms with Crippen LogP contribution in [-0.2, 0) is 18.3 Å². The first kappa shape index (κ1) is 17.6. The van der Waals surface area contributed by atoms with Gasteiger partial charge in [0, 0.05) is 35.6 Å². The lowest BCUT2D eigenvalue weighted by Gasteiger charge is -2.13. The van der Waals surface area contributed by atoms with E-state index >= 15 is 0 Å². The van der Waals surface area contributed by atoms with Crippen LogP contribution in [0.1, 0.15) is 31.2 Å². The second-order valence-electron chi connectivity index (χ2n) is 5.85. The molecule has 1 amide bonds. The molecule has 4 nitrogen and oxygen atoms in total. The average molecular weight is 332 g/mol. The SMILES string of the molecule is CC(C)Sc1ccc(CC(=O)NCC(O)c2cccn2C)cc1. The summed E-state index contributed by atoms with van der Waals surface area (Å²) in [6.07, 6.45) is 1.51. The molecule has 124 valence electrons. The predicted octanol–water partition coefficient (Wildman–Crippen LogP) is 2.92. The number of aryl methyl sites for hydroxylation is 1. The fourth-order valence-corrected chi connectivity index (χ4v) is 3.18. The minimum absolute atomic E-state index is 0.0810. The highest BCUT2D eigenvalue weighted by Gasteiger charge is 2.12. The van der Waals surface area contributed by atoms with Gasteiger partial charge in [0.05, 0.1) is 6.42 Å². The number of rotatable bonds is 7. The first-order valence-electron chi connectivity index (χ1n) is 7.77. The molecular formula is C18H24N2O2S. The van der Waals surface area contributed by atoms with Crippen molar-refractivity contribution in [1.82, 2.24) is 9.88 Å². The summed E-state index contributed by atoms with van der Waals surface area (Å²) < 4.78 is 1.85. The van der Waals surface area contributed by atoms with E-state index in [-0.39, 0.29) is 12.5 Å². The van der Waals surface area contributed by atoms with E-state index in [9.17, 15) is 9.90 Å². The molecule has 0 saturated heterocycles. The second-order valence-corrected chi connectivity index (χ2v) is 7.50. The Kier molecular flexibility index (Phi) is 6.30. The highest BCUT2D eigenvalue weighted by atomic mass is 32.2. The molecule has 0 aliphatic heterocycles. The van der Waals surface area contributed by atoms with Gasteiger partial charge in [-0.05, 0) is 29.8 Å². The molecule has 2 rings (SSSR count). The Hall–Kier alpha value is -1.72. The maximum absolute atomic E-state index is 12.0. The summed E-state index contributed by atoms with van der Waals surface area (Å²) in [5, 5.41) is 13.4. The molecule has 1 heterocycles. The number of aromatic nitrogens is 1. The maximum Gasteiger partial charge on any atom is 0.224 e. The van der Waals surface area contributed by atoms with Crippen LogP contribution in [0.5, 0.6) is 0 Å². The largest absolute Gasteiger partial charge is 0.385 e. The van der Waals surface area contributed by atoms with Gasteiger partial charge in [0.2, 0.25) is 5.91 Å². The molecule has 0 fully saturated rings.